The third-order valence-corrected chi connectivity index (χ3v) is 4.81. The first-order valence-electron chi connectivity index (χ1n) is 8.98. The van der Waals surface area contributed by atoms with Crippen LogP contribution >= 0.6 is 0 Å². The van der Waals surface area contributed by atoms with E-state index in [0.29, 0.717) is 25.2 Å². The van der Waals surface area contributed by atoms with Crippen LogP contribution in [0.5, 0.6) is 0 Å². The molecule has 0 saturated carbocycles. The van der Waals surface area contributed by atoms with Crippen molar-refractivity contribution in [1.82, 2.24) is 4.90 Å². The van der Waals surface area contributed by atoms with E-state index in [4.69, 9.17) is 9.57 Å². The van der Waals surface area contributed by atoms with Crippen molar-refractivity contribution in [2.45, 2.75) is 31.7 Å². The molecule has 1 fully saturated rings. The number of amides is 1. The second-order valence-corrected chi connectivity index (χ2v) is 6.80. The van der Waals surface area contributed by atoms with Crippen LogP contribution in [-0.4, -0.2) is 35.7 Å². The lowest BCUT2D eigenvalue weighted by Gasteiger charge is -2.36. The highest BCUT2D eigenvalue weighted by Gasteiger charge is 2.35. The molecule has 0 N–H and O–H groups in total. The third-order valence-electron chi connectivity index (χ3n) is 4.81. The van der Waals surface area contributed by atoms with Gasteiger partial charge in [0.1, 0.15) is 11.8 Å². The number of benzene rings is 2. The summed E-state index contributed by atoms with van der Waals surface area (Å²) in [6, 6.07) is 19.9. The summed E-state index contributed by atoms with van der Waals surface area (Å²) in [6.45, 7) is 3.09. The molecule has 0 radical (unpaired) electrons. The second-order valence-electron chi connectivity index (χ2n) is 6.80. The van der Waals surface area contributed by atoms with E-state index < -0.39 is 0 Å². The fourth-order valence-corrected chi connectivity index (χ4v) is 3.50. The largest absolute Gasteiger partial charge is 0.387 e. The Morgan fingerprint density at radius 1 is 0.962 bits per heavy atom. The Hall–Kier alpha value is -2.66. The number of hydrogen-bond donors (Lipinski definition) is 0. The monoisotopic (exact) mass is 350 g/mol. The lowest BCUT2D eigenvalue weighted by Crippen LogP contribution is -2.48. The van der Waals surface area contributed by atoms with Gasteiger partial charge in [0.25, 0.3) is 5.91 Å². The van der Waals surface area contributed by atoms with Crippen LogP contribution in [0.25, 0.3) is 0 Å². The fraction of sp³-hybridized carbons (Fsp3) is 0.333. The number of hydrogen-bond acceptors (Lipinski definition) is 4. The molecular weight excluding hydrogens is 328 g/mol. The summed E-state index contributed by atoms with van der Waals surface area (Å²) < 4.78 is 6.04. The predicted molar refractivity (Wildman–Crippen MR) is 98.6 cm³/mol. The Kier molecular flexibility index (Phi) is 4.71. The van der Waals surface area contributed by atoms with Crippen molar-refractivity contribution in [3.8, 4) is 0 Å². The Bertz CT molecular complexity index is 791. The summed E-state index contributed by atoms with van der Waals surface area (Å²) in [5.41, 5.74) is 2.61. The van der Waals surface area contributed by atoms with Crippen LogP contribution in [0.2, 0.25) is 0 Å². The topological polar surface area (TPSA) is 51.1 Å². The number of morpholine rings is 1. The molecule has 2 heterocycles. The minimum atomic E-state index is -0.182. The number of nitrogens with zero attached hydrogens (tertiary/aromatic N) is 2. The van der Waals surface area contributed by atoms with E-state index in [-0.39, 0.29) is 24.2 Å². The van der Waals surface area contributed by atoms with Gasteiger partial charge in [0, 0.05) is 13.0 Å². The molecule has 134 valence electrons. The van der Waals surface area contributed by atoms with Crippen LogP contribution in [0.1, 0.15) is 36.7 Å². The van der Waals surface area contributed by atoms with Gasteiger partial charge in [-0.05, 0) is 18.1 Å². The van der Waals surface area contributed by atoms with Crippen LogP contribution in [0, 0.1) is 0 Å². The minimum Gasteiger partial charge on any atom is -0.387 e. The molecule has 2 aromatic carbocycles. The molecule has 2 aromatic rings. The Morgan fingerprint density at radius 3 is 2.23 bits per heavy atom. The summed E-state index contributed by atoms with van der Waals surface area (Å²) >= 11 is 0. The number of carbonyl (C=O) groups excluding carboxylic acids is 1. The van der Waals surface area contributed by atoms with Gasteiger partial charge in [-0.1, -0.05) is 65.8 Å². The van der Waals surface area contributed by atoms with E-state index >= 15 is 0 Å². The van der Waals surface area contributed by atoms with E-state index in [1.54, 1.807) is 0 Å². The van der Waals surface area contributed by atoms with Crippen LogP contribution in [0.4, 0.5) is 0 Å². The van der Waals surface area contributed by atoms with Crippen LogP contribution < -0.4 is 0 Å². The fourth-order valence-electron chi connectivity index (χ4n) is 3.50. The zero-order chi connectivity index (χ0) is 17.9. The zero-order valence-corrected chi connectivity index (χ0v) is 14.7. The lowest BCUT2D eigenvalue weighted by molar-refractivity contribution is -0.138. The molecule has 2 aliphatic heterocycles. The van der Waals surface area contributed by atoms with Crippen LogP contribution in [0.15, 0.2) is 65.8 Å². The van der Waals surface area contributed by atoms with Crippen molar-refractivity contribution in [1.29, 1.82) is 0 Å². The summed E-state index contributed by atoms with van der Waals surface area (Å²) in [6.07, 6.45) is 0.186. The normalized spacial score (nSPS) is 25.5. The highest BCUT2D eigenvalue weighted by molar-refractivity contribution is 6.39. The van der Waals surface area contributed by atoms with Gasteiger partial charge in [0.05, 0.1) is 12.6 Å². The van der Waals surface area contributed by atoms with Gasteiger partial charge in [-0.15, -0.1) is 0 Å². The summed E-state index contributed by atoms with van der Waals surface area (Å²) in [7, 11) is 0. The lowest BCUT2D eigenvalue weighted by atomic mass is 10.0. The molecule has 5 heteroatoms. The third kappa shape index (κ3) is 3.48. The molecule has 3 unspecified atom stereocenters. The average molecular weight is 350 g/mol. The highest BCUT2D eigenvalue weighted by atomic mass is 16.6. The smallest absolute Gasteiger partial charge is 0.272 e. The van der Waals surface area contributed by atoms with Gasteiger partial charge in [0.2, 0.25) is 0 Å². The van der Waals surface area contributed by atoms with Crippen molar-refractivity contribution in [2.75, 3.05) is 13.1 Å². The van der Waals surface area contributed by atoms with E-state index in [1.807, 2.05) is 72.5 Å². The Balaban J connectivity index is 1.44. The van der Waals surface area contributed by atoms with Crippen LogP contribution in [-0.2, 0) is 14.4 Å². The predicted octanol–water partition coefficient (Wildman–Crippen LogP) is 3.49. The molecule has 0 spiro atoms. The van der Waals surface area contributed by atoms with Gasteiger partial charge in [0.15, 0.2) is 6.10 Å². The summed E-state index contributed by atoms with van der Waals surface area (Å²) in [5.74, 6) is -0.0560. The molecule has 0 aromatic heterocycles. The molecule has 3 atom stereocenters. The number of carbonyl (C=O) groups is 1. The quantitative estimate of drug-likeness (QED) is 0.851. The van der Waals surface area contributed by atoms with Crippen molar-refractivity contribution < 1.29 is 14.4 Å². The molecule has 0 aliphatic carbocycles. The van der Waals surface area contributed by atoms with Gasteiger partial charge >= 0.3 is 0 Å². The molecule has 26 heavy (non-hydrogen) atoms. The van der Waals surface area contributed by atoms with Crippen molar-refractivity contribution in [3.05, 3.63) is 71.8 Å². The standard InChI is InChI=1S/C21H22N2O3/c1-15-13-23(14-20(25-15)17-10-6-3-7-11-17)21(24)18-12-19(26-22-18)16-8-4-2-5-9-16/h2-11,15,19-20H,12-14H2,1H3. The Morgan fingerprint density at radius 2 is 1.58 bits per heavy atom. The average Bonchev–Trinajstić information content (AvgIpc) is 3.18. The van der Waals surface area contributed by atoms with Crippen molar-refractivity contribution >= 4 is 11.6 Å². The number of ether oxygens (including phenoxy) is 1. The molecule has 0 bridgehead atoms. The van der Waals surface area contributed by atoms with Crippen LogP contribution in [0.3, 0.4) is 0 Å². The van der Waals surface area contributed by atoms with E-state index in [1.165, 1.54) is 0 Å². The second kappa shape index (κ2) is 7.30. The maximum absolute atomic E-state index is 13.0. The van der Waals surface area contributed by atoms with E-state index in [2.05, 4.69) is 5.16 Å². The first-order valence-corrected chi connectivity index (χ1v) is 8.98. The molecule has 1 saturated heterocycles. The maximum atomic E-state index is 13.0. The maximum Gasteiger partial charge on any atom is 0.272 e. The van der Waals surface area contributed by atoms with Gasteiger partial charge in [-0.2, -0.15) is 0 Å². The first-order chi connectivity index (χ1) is 12.7. The molecule has 1 amide bonds. The number of oxime groups is 1. The van der Waals surface area contributed by atoms with Gasteiger partial charge < -0.3 is 14.5 Å². The van der Waals surface area contributed by atoms with E-state index in [9.17, 15) is 4.79 Å². The molecule has 4 rings (SSSR count). The summed E-state index contributed by atoms with van der Waals surface area (Å²) in [5, 5.41) is 4.08. The SMILES string of the molecule is CC1CN(C(=O)C2=NOC(c3ccccc3)C2)CC(c2ccccc2)O1. The molecular formula is C21H22N2O3. The highest BCUT2D eigenvalue weighted by Crippen LogP contribution is 2.29. The summed E-state index contributed by atoms with van der Waals surface area (Å²) in [4.78, 5) is 20.3. The van der Waals surface area contributed by atoms with E-state index in [0.717, 1.165) is 11.1 Å². The van der Waals surface area contributed by atoms with Gasteiger partial charge in [-0.3, -0.25) is 4.79 Å². The van der Waals surface area contributed by atoms with Crippen molar-refractivity contribution in [2.24, 2.45) is 5.16 Å². The molecule has 2 aliphatic rings. The first kappa shape index (κ1) is 16.8. The number of rotatable bonds is 3. The van der Waals surface area contributed by atoms with Gasteiger partial charge in [-0.25, -0.2) is 0 Å². The van der Waals surface area contributed by atoms with Crippen molar-refractivity contribution in [3.63, 3.8) is 0 Å². The minimum absolute atomic E-state index is 0.0225. The zero-order valence-electron chi connectivity index (χ0n) is 14.7. The Labute approximate surface area is 153 Å². The molecule has 5 nitrogen and oxygen atoms in total.